The van der Waals surface area contributed by atoms with Gasteiger partial charge in [0.1, 0.15) is 0 Å². The maximum atomic E-state index is 6.53. The lowest BCUT2D eigenvalue weighted by Crippen LogP contribution is -2.39. The monoisotopic (exact) mass is 389 g/mol. The van der Waals surface area contributed by atoms with Gasteiger partial charge < -0.3 is 11.9 Å². The first kappa shape index (κ1) is 18.4. The molecule has 1 heterocycles. The van der Waals surface area contributed by atoms with Crippen LogP contribution in [0.4, 0.5) is 0 Å². The summed E-state index contributed by atoms with van der Waals surface area (Å²) in [6.45, 7) is 2.06. The van der Waals surface area contributed by atoms with E-state index in [2.05, 4.69) is 27.8 Å². The van der Waals surface area contributed by atoms with Crippen LogP contribution < -0.4 is 11.9 Å². The molecule has 0 amide bonds. The molecule has 0 aliphatic rings. The maximum absolute atomic E-state index is 6.53. The number of rotatable bonds is 4. The average molecular weight is 391 g/mol. The Morgan fingerprint density at radius 1 is 1.19 bits per heavy atom. The van der Waals surface area contributed by atoms with Gasteiger partial charge in [0.25, 0.3) is 0 Å². The van der Waals surface area contributed by atoms with Crippen LogP contribution in [0.3, 0.4) is 0 Å². The zero-order chi connectivity index (χ0) is 14.8. The highest BCUT2D eigenvalue weighted by molar-refractivity contribution is 9.10. The molecule has 3 nitrogen and oxygen atoms in total. The van der Waals surface area contributed by atoms with Crippen molar-refractivity contribution in [3.8, 4) is 0 Å². The van der Waals surface area contributed by atoms with Gasteiger partial charge in [0, 0.05) is 10.7 Å². The number of aromatic nitrogens is 1. The quantitative estimate of drug-likeness (QED) is 0.760. The van der Waals surface area contributed by atoms with Crippen molar-refractivity contribution in [2.24, 2.45) is 5.73 Å². The van der Waals surface area contributed by atoms with Crippen molar-refractivity contribution in [1.29, 1.82) is 0 Å². The lowest BCUT2D eigenvalue weighted by Gasteiger charge is -2.28. The number of hydrogen-bond donors (Lipinski definition) is 2. The third-order valence-electron chi connectivity index (χ3n) is 3.37. The third kappa shape index (κ3) is 4.41. The van der Waals surface area contributed by atoms with Gasteiger partial charge in [-0.2, -0.15) is 0 Å². The van der Waals surface area contributed by atoms with E-state index in [0.29, 0.717) is 16.5 Å². The Morgan fingerprint density at radius 3 is 2.43 bits per heavy atom. The summed E-state index contributed by atoms with van der Waals surface area (Å²) in [7, 11) is 0. The molecule has 1 aromatic carbocycles. The summed E-state index contributed by atoms with van der Waals surface area (Å²) in [5.74, 6) is 0. The highest BCUT2D eigenvalue weighted by atomic mass is 79.9. The van der Waals surface area contributed by atoms with Crippen molar-refractivity contribution >= 4 is 39.1 Å². The summed E-state index contributed by atoms with van der Waals surface area (Å²) in [4.78, 5) is 4.43. The van der Waals surface area contributed by atoms with Gasteiger partial charge in [0.05, 0.1) is 21.3 Å². The van der Waals surface area contributed by atoms with Crippen LogP contribution in [-0.4, -0.2) is 4.98 Å². The van der Waals surface area contributed by atoms with Gasteiger partial charge >= 0.3 is 0 Å². The molecule has 2 rings (SSSR count). The molecule has 0 saturated carbocycles. The molecule has 0 aliphatic heterocycles. The lowest BCUT2D eigenvalue weighted by atomic mass is 9.86. The number of pyridine rings is 1. The van der Waals surface area contributed by atoms with E-state index in [9.17, 15) is 0 Å². The second kappa shape index (κ2) is 7.56. The molecule has 1 unspecified atom stereocenters. The van der Waals surface area contributed by atoms with Crippen LogP contribution in [0, 0.1) is 0 Å². The summed E-state index contributed by atoms with van der Waals surface area (Å²) >= 11 is 15.4. The zero-order valence-electron chi connectivity index (χ0n) is 11.7. The molecule has 114 valence electrons. The number of nitrogens with two attached hydrogens (primary N) is 1. The van der Waals surface area contributed by atoms with E-state index in [1.807, 2.05) is 24.3 Å². The molecule has 5 N–H and O–H groups in total. The Hall–Kier alpha value is -0.650. The molecule has 0 radical (unpaired) electrons. The number of nitrogens with zero attached hydrogens (tertiary/aromatic N) is 1. The van der Waals surface area contributed by atoms with Gasteiger partial charge in [-0.1, -0.05) is 36.2 Å². The van der Waals surface area contributed by atoms with Gasteiger partial charge in [-0.3, -0.25) is 4.98 Å². The minimum atomic E-state index is -0.516. The van der Waals surface area contributed by atoms with Crippen molar-refractivity contribution in [1.82, 2.24) is 11.1 Å². The molecule has 6 heteroatoms. The number of hydrogen-bond acceptors (Lipinski definition) is 3. The van der Waals surface area contributed by atoms with E-state index in [1.165, 1.54) is 0 Å². The highest BCUT2D eigenvalue weighted by Crippen LogP contribution is 2.29. The van der Waals surface area contributed by atoms with Gasteiger partial charge in [-0.25, -0.2) is 0 Å². The Kier molecular flexibility index (Phi) is 6.63. The highest BCUT2D eigenvalue weighted by Gasteiger charge is 2.27. The SMILES string of the molecule is CCC(N)(Cc1ccc(Cl)c(Cl)c1)c1ccc(Br)cn1.N. The van der Waals surface area contributed by atoms with Crippen LogP contribution in [0.15, 0.2) is 41.0 Å². The molecule has 2 aromatic rings. The van der Waals surface area contributed by atoms with Crippen molar-refractivity contribution < 1.29 is 0 Å². The molecule has 21 heavy (non-hydrogen) atoms. The fraction of sp³-hybridized carbons (Fsp3) is 0.267. The second-order valence-corrected chi connectivity index (χ2v) is 6.53. The summed E-state index contributed by atoms with van der Waals surface area (Å²) in [6, 6.07) is 9.51. The number of benzene rings is 1. The molecule has 0 spiro atoms. The fourth-order valence-corrected chi connectivity index (χ4v) is 2.64. The molecule has 1 aromatic heterocycles. The molecule has 0 aliphatic carbocycles. The second-order valence-electron chi connectivity index (χ2n) is 4.80. The van der Waals surface area contributed by atoms with Crippen LogP contribution in [0.1, 0.15) is 24.6 Å². The summed E-state index contributed by atoms with van der Waals surface area (Å²) in [6.07, 6.45) is 3.21. The van der Waals surface area contributed by atoms with Gasteiger partial charge in [0.2, 0.25) is 0 Å². The van der Waals surface area contributed by atoms with Crippen LogP contribution >= 0.6 is 39.1 Å². The largest absolute Gasteiger partial charge is 0.344 e. The molecular formula is C15H18BrCl2N3. The summed E-state index contributed by atoms with van der Waals surface area (Å²) in [5, 5.41) is 1.10. The molecule has 0 bridgehead atoms. The van der Waals surface area contributed by atoms with Crippen molar-refractivity contribution in [3.05, 3.63) is 62.3 Å². The minimum absolute atomic E-state index is 0. The Bertz CT molecular complexity index is 604. The fourth-order valence-electron chi connectivity index (χ4n) is 2.08. The molecule has 0 fully saturated rings. The minimum Gasteiger partial charge on any atom is -0.344 e. The van der Waals surface area contributed by atoms with Gasteiger partial charge in [-0.15, -0.1) is 0 Å². The van der Waals surface area contributed by atoms with E-state index >= 15 is 0 Å². The maximum Gasteiger partial charge on any atom is 0.0621 e. The Labute approximate surface area is 143 Å². The van der Waals surface area contributed by atoms with Crippen LogP contribution in [-0.2, 0) is 12.0 Å². The normalized spacial score (nSPS) is 13.4. The van der Waals surface area contributed by atoms with E-state index in [1.54, 1.807) is 12.3 Å². The van der Waals surface area contributed by atoms with Crippen LogP contribution in [0.25, 0.3) is 0 Å². The predicted octanol–water partition coefficient (Wildman–Crippen LogP) is 5.12. The average Bonchev–Trinajstić information content (AvgIpc) is 2.43. The van der Waals surface area contributed by atoms with E-state index < -0.39 is 5.54 Å². The molecular weight excluding hydrogens is 373 g/mol. The molecule has 1 atom stereocenters. The third-order valence-corrected chi connectivity index (χ3v) is 4.58. The Balaban J connectivity index is 0.00000220. The van der Waals surface area contributed by atoms with Crippen LogP contribution in [0.5, 0.6) is 0 Å². The predicted molar refractivity (Wildman–Crippen MR) is 93.3 cm³/mol. The van der Waals surface area contributed by atoms with Crippen molar-refractivity contribution in [2.75, 3.05) is 0 Å². The van der Waals surface area contributed by atoms with Crippen LogP contribution in [0.2, 0.25) is 10.0 Å². The van der Waals surface area contributed by atoms with Crippen molar-refractivity contribution in [2.45, 2.75) is 25.3 Å². The first-order valence-corrected chi connectivity index (χ1v) is 7.84. The van der Waals surface area contributed by atoms with Gasteiger partial charge in [0.15, 0.2) is 0 Å². The standard InChI is InChI=1S/C15H15BrCl2N2.H3N/c1-2-15(19,14-6-4-11(16)9-20-14)8-10-3-5-12(17)13(18)7-10;/h3-7,9H,2,8,19H2,1H3;1H3. The summed E-state index contributed by atoms with van der Waals surface area (Å²) in [5.41, 5.74) is 7.94. The zero-order valence-corrected chi connectivity index (χ0v) is 14.8. The number of halogens is 3. The first-order chi connectivity index (χ1) is 9.44. The van der Waals surface area contributed by atoms with Gasteiger partial charge in [-0.05, 0) is 58.6 Å². The Morgan fingerprint density at radius 2 is 1.90 bits per heavy atom. The smallest absolute Gasteiger partial charge is 0.0621 e. The molecule has 0 saturated heterocycles. The topological polar surface area (TPSA) is 73.9 Å². The first-order valence-electron chi connectivity index (χ1n) is 6.29. The van der Waals surface area contributed by atoms with Crippen molar-refractivity contribution in [3.63, 3.8) is 0 Å². The van der Waals surface area contributed by atoms with E-state index in [0.717, 1.165) is 22.2 Å². The lowest BCUT2D eigenvalue weighted by molar-refractivity contribution is 0.412. The van der Waals surface area contributed by atoms with E-state index in [4.69, 9.17) is 28.9 Å². The van der Waals surface area contributed by atoms with E-state index in [-0.39, 0.29) is 6.15 Å². The summed E-state index contributed by atoms with van der Waals surface area (Å²) < 4.78 is 0.939.